The second kappa shape index (κ2) is 17.1. The zero-order chi connectivity index (χ0) is 35.8. The monoisotopic (exact) mass is 692 g/mol. The lowest BCUT2D eigenvalue weighted by atomic mass is 9.99. The molecule has 10 atom stereocenters. The maximum absolute atomic E-state index is 12.5. The van der Waals surface area contributed by atoms with Crippen molar-refractivity contribution in [3.05, 3.63) is 59.7 Å². The Morgan fingerprint density at radius 3 is 1.35 bits per heavy atom. The quantitative estimate of drug-likeness (QED) is 0.0813. The van der Waals surface area contributed by atoms with Gasteiger partial charge in [0.05, 0.1) is 20.6 Å². The predicted octanol–water partition coefficient (Wildman–Crippen LogP) is -1.68. The van der Waals surface area contributed by atoms with Crippen LogP contribution < -0.4 is 18.9 Å². The van der Waals surface area contributed by atoms with Gasteiger partial charge in [-0.05, 0) is 47.5 Å². The third-order valence-corrected chi connectivity index (χ3v) is 7.83. The highest BCUT2D eigenvalue weighted by atomic mass is 16.7. The Balaban J connectivity index is 1.28. The molecule has 2 fully saturated rings. The maximum Gasteiger partial charge on any atom is 0.184 e. The Morgan fingerprint density at radius 2 is 0.980 bits per heavy atom. The van der Waals surface area contributed by atoms with Crippen molar-refractivity contribution < 1.29 is 78.9 Å². The van der Waals surface area contributed by atoms with Crippen LogP contribution in [-0.2, 0) is 19.1 Å². The molecule has 0 aromatic heterocycles. The number of benzene rings is 2. The van der Waals surface area contributed by atoms with E-state index in [1.54, 1.807) is 24.3 Å². The number of aliphatic hydroxyl groups is 8. The van der Waals surface area contributed by atoms with Crippen molar-refractivity contribution in [2.45, 2.75) is 67.8 Å². The summed E-state index contributed by atoms with van der Waals surface area (Å²) >= 11 is 0. The molecule has 2 heterocycles. The molecule has 16 nitrogen and oxygen atoms in total. The molecule has 8 N–H and O–H groups in total. The minimum Gasteiger partial charge on any atom is -0.493 e. The molecule has 2 aromatic carbocycles. The fraction of sp³-hybridized carbons (Fsp3) is 0.455. The normalized spacial score (nSPS) is 30.3. The average molecular weight is 693 g/mol. The van der Waals surface area contributed by atoms with E-state index in [9.17, 15) is 50.4 Å². The van der Waals surface area contributed by atoms with Crippen molar-refractivity contribution in [3.8, 4) is 23.0 Å². The van der Waals surface area contributed by atoms with Gasteiger partial charge in [-0.1, -0.05) is 24.3 Å². The predicted molar refractivity (Wildman–Crippen MR) is 167 cm³/mol. The second-order valence-electron chi connectivity index (χ2n) is 11.3. The number of ether oxygens (including phenoxy) is 6. The van der Waals surface area contributed by atoms with Gasteiger partial charge in [0.25, 0.3) is 0 Å². The van der Waals surface area contributed by atoms with Crippen LogP contribution in [0.5, 0.6) is 23.0 Å². The molecular formula is C33H40O16. The van der Waals surface area contributed by atoms with Crippen molar-refractivity contribution in [1.29, 1.82) is 0 Å². The molecule has 0 bridgehead atoms. The largest absolute Gasteiger partial charge is 0.493 e. The van der Waals surface area contributed by atoms with Crippen LogP contribution in [0.25, 0.3) is 12.2 Å². The van der Waals surface area contributed by atoms with E-state index in [0.29, 0.717) is 11.1 Å². The molecular weight excluding hydrogens is 652 g/mol. The summed E-state index contributed by atoms with van der Waals surface area (Å²) in [6.07, 6.45) is -10.2. The first kappa shape index (κ1) is 37.9. The SMILES string of the molecule is COc1cc(/C=C/C(=O)CC(=O)/C=C/c2ccc(OC[C@H]3O[C@H](O)[C@H](O)[C@@H](O)[C@@H]3O)c(OC)c2)ccc1OC[C@H]1O[C@H](O)[C@H](O)[C@@H](O)[C@@H]1O. The lowest BCUT2D eigenvalue weighted by Crippen LogP contribution is -2.58. The fourth-order valence-electron chi connectivity index (χ4n) is 4.96. The standard InChI is InChI=1S/C33H40O16/c1-44-22-11-16(5-9-20(22)46-14-24-26(36)28(38)30(40)32(42)48-24)3-7-18(34)13-19(35)8-4-17-6-10-21(23(12-17)45-2)47-15-25-27(37)29(39)31(41)33(43)49-25/h3-12,24-33,36-43H,13-15H2,1-2H3/b7-3+,8-4+/t24-,25-,26-,27-,28+,29+,30-,31-,32+,33+/m1/s1. The highest BCUT2D eigenvalue weighted by Gasteiger charge is 2.44. The van der Waals surface area contributed by atoms with Gasteiger partial charge >= 0.3 is 0 Å². The van der Waals surface area contributed by atoms with Crippen molar-refractivity contribution in [2.75, 3.05) is 27.4 Å². The van der Waals surface area contributed by atoms with Gasteiger partial charge < -0.3 is 69.3 Å². The van der Waals surface area contributed by atoms with Gasteiger partial charge in [-0.3, -0.25) is 9.59 Å². The van der Waals surface area contributed by atoms with Crippen molar-refractivity contribution in [2.24, 2.45) is 0 Å². The molecule has 4 rings (SSSR count). The summed E-state index contributed by atoms with van der Waals surface area (Å²) in [5.74, 6) is 0.0889. The Bertz CT molecular complexity index is 1380. The van der Waals surface area contributed by atoms with Crippen molar-refractivity contribution in [3.63, 3.8) is 0 Å². The molecule has 0 spiro atoms. The van der Waals surface area contributed by atoms with Gasteiger partial charge in [0.15, 0.2) is 47.1 Å². The number of rotatable bonds is 14. The smallest absolute Gasteiger partial charge is 0.184 e. The highest BCUT2D eigenvalue weighted by molar-refractivity contribution is 6.10. The number of methoxy groups -OCH3 is 2. The summed E-state index contributed by atoms with van der Waals surface area (Å²) in [5.41, 5.74) is 1.10. The molecule has 2 aromatic rings. The summed E-state index contributed by atoms with van der Waals surface area (Å²) in [4.78, 5) is 24.9. The highest BCUT2D eigenvalue weighted by Crippen LogP contribution is 2.31. The number of allylic oxidation sites excluding steroid dienone is 2. The Hall–Kier alpha value is -3.94. The van der Waals surface area contributed by atoms with E-state index >= 15 is 0 Å². The molecule has 49 heavy (non-hydrogen) atoms. The molecule has 0 aliphatic carbocycles. The molecule has 0 saturated carbocycles. The zero-order valence-corrected chi connectivity index (χ0v) is 26.5. The molecule has 0 unspecified atom stereocenters. The summed E-state index contributed by atoms with van der Waals surface area (Å²) in [7, 11) is 2.78. The van der Waals surface area contributed by atoms with E-state index in [-0.39, 0.29) is 36.2 Å². The molecule has 0 amide bonds. The Kier molecular flexibility index (Phi) is 13.2. The number of hydrogen-bond acceptors (Lipinski definition) is 16. The van der Waals surface area contributed by atoms with Crippen LogP contribution in [0, 0.1) is 0 Å². The maximum atomic E-state index is 12.5. The molecule has 16 heteroatoms. The molecule has 268 valence electrons. The Labute approximate surface area is 280 Å². The number of hydrogen-bond donors (Lipinski definition) is 8. The van der Waals surface area contributed by atoms with Crippen LogP contribution in [0.1, 0.15) is 17.5 Å². The zero-order valence-electron chi connectivity index (χ0n) is 26.5. The molecule has 2 aliphatic rings. The minimum absolute atomic E-state index is 0.242. The fourth-order valence-corrected chi connectivity index (χ4v) is 4.96. The van der Waals surface area contributed by atoms with Gasteiger partial charge in [0.2, 0.25) is 0 Å². The summed E-state index contributed by atoms with van der Waals surface area (Å²) in [5, 5.41) is 78.5. The van der Waals surface area contributed by atoms with Crippen LogP contribution in [0.3, 0.4) is 0 Å². The number of carbonyl (C=O) groups excluding carboxylic acids is 2. The van der Waals surface area contributed by atoms with Gasteiger partial charge in [-0.25, -0.2) is 0 Å². The first-order chi connectivity index (χ1) is 23.3. The van der Waals surface area contributed by atoms with Gasteiger partial charge in [-0.2, -0.15) is 0 Å². The van der Waals surface area contributed by atoms with Crippen molar-refractivity contribution in [1.82, 2.24) is 0 Å². The lowest BCUT2D eigenvalue weighted by molar-refractivity contribution is -0.285. The van der Waals surface area contributed by atoms with Crippen LogP contribution in [0.2, 0.25) is 0 Å². The summed E-state index contributed by atoms with van der Waals surface area (Å²) in [6, 6.07) is 9.41. The topological polar surface area (TPSA) is 251 Å². The first-order valence-electron chi connectivity index (χ1n) is 15.1. The Morgan fingerprint density at radius 1 is 0.592 bits per heavy atom. The molecule has 2 aliphatic heterocycles. The third-order valence-electron chi connectivity index (χ3n) is 7.83. The third kappa shape index (κ3) is 9.61. The van der Waals surface area contributed by atoms with Gasteiger partial charge in [-0.15, -0.1) is 0 Å². The lowest BCUT2D eigenvalue weighted by Gasteiger charge is -2.38. The second-order valence-corrected chi connectivity index (χ2v) is 11.3. The molecule has 0 radical (unpaired) electrons. The summed E-state index contributed by atoms with van der Waals surface area (Å²) in [6.45, 7) is -0.561. The number of ketones is 2. The first-order valence-corrected chi connectivity index (χ1v) is 15.1. The van der Waals surface area contributed by atoms with E-state index < -0.39 is 79.4 Å². The van der Waals surface area contributed by atoms with E-state index in [4.69, 9.17) is 28.4 Å². The van der Waals surface area contributed by atoms with Crippen LogP contribution in [-0.4, -0.2) is 141 Å². The number of aliphatic hydroxyl groups excluding tert-OH is 8. The van der Waals surface area contributed by atoms with E-state index in [1.807, 2.05) is 0 Å². The van der Waals surface area contributed by atoms with E-state index in [0.717, 1.165) is 0 Å². The van der Waals surface area contributed by atoms with Gasteiger partial charge in [0.1, 0.15) is 62.0 Å². The number of carbonyl (C=O) groups is 2. The average Bonchev–Trinajstić information content (AvgIpc) is 3.10. The van der Waals surface area contributed by atoms with E-state index in [2.05, 4.69) is 0 Å². The molecule has 2 saturated heterocycles. The summed E-state index contributed by atoms with van der Waals surface area (Å²) < 4.78 is 32.1. The van der Waals surface area contributed by atoms with Crippen LogP contribution in [0.15, 0.2) is 48.6 Å². The minimum atomic E-state index is -1.70. The van der Waals surface area contributed by atoms with Crippen molar-refractivity contribution >= 4 is 23.7 Å². The van der Waals surface area contributed by atoms with Crippen LogP contribution >= 0.6 is 0 Å². The van der Waals surface area contributed by atoms with E-state index in [1.165, 1.54) is 50.7 Å². The van der Waals surface area contributed by atoms with Crippen LogP contribution in [0.4, 0.5) is 0 Å². The van der Waals surface area contributed by atoms with Gasteiger partial charge in [0, 0.05) is 0 Å².